The Balaban J connectivity index is 2.12. The quantitative estimate of drug-likeness (QED) is 0.357. The van der Waals surface area contributed by atoms with Crippen molar-refractivity contribution in [3.05, 3.63) is 90.5 Å². The number of esters is 1. The Morgan fingerprint density at radius 1 is 1.27 bits per heavy atom. The standard InChI is InChI=1S/C24H18ClF3N4O5/c1-3-18-15(8-14(22(34)31-18)4-5-19(33)36-2)11-32-12-30-21(24(26,27)28)20(23(32)35)37-17-7-13(10-29)6-16(25)9-17/h4-9,12H,3,11H2,1-2H3,(H,31,34). The number of ether oxygens (including phenoxy) is 2. The average molecular weight is 535 g/mol. The number of carbonyl (C=O) groups excluding carboxylic acids is 1. The van der Waals surface area contributed by atoms with Crippen LogP contribution in [0.15, 0.2) is 46.3 Å². The molecule has 3 rings (SSSR count). The van der Waals surface area contributed by atoms with Gasteiger partial charge in [-0.05, 0) is 42.3 Å². The number of benzene rings is 1. The minimum Gasteiger partial charge on any atom is -0.466 e. The van der Waals surface area contributed by atoms with Gasteiger partial charge in [0.05, 0.1) is 31.6 Å². The summed E-state index contributed by atoms with van der Waals surface area (Å²) in [5.41, 5.74) is -2.37. The molecule has 2 heterocycles. The number of aryl methyl sites for hydroxylation is 1. The number of methoxy groups -OCH3 is 1. The van der Waals surface area contributed by atoms with Gasteiger partial charge in [-0.1, -0.05) is 18.5 Å². The van der Waals surface area contributed by atoms with E-state index in [1.54, 1.807) is 13.0 Å². The third-order valence-corrected chi connectivity index (χ3v) is 5.24. The highest BCUT2D eigenvalue weighted by atomic mass is 35.5. The first-order chi connectivity index (χ1) is 17.5. The first-order valence-electron chi connectivity index (χ1n) is 10.5. The van der Waals surface area contributed by atoms with E-state index >= 15 is 0 Å². The number of nitriles is 1. The molecule has 13 heteroatoms. The molecule has 1 aromatic carbocycles. The summed E-state index contributed by atoms with van der Waals surface area (Å²) in [4.78, 5) is 42.9. The molecule has 1 N–H and O–H groups in total. The summed E-state index contributed by atoms with van der Waals surface area (Å²) in [6, 6.07) is 6.74. The van der Waals surface area contributed by atoms with Gasteiger partial charge in [-0.2, -0.15) is 18.4 Å². The van der Waals surface area contributed by atoms with E-state index in [9.17, 15) is 27.6 Å². The van der Waals surface area contributed by atoms with Gasteiger partial charge in [-0.15, -0.1) is 0 Å². The predicted octanol–water partition coefficient (Wildman–Crippen LogP) is 4.06. The van der Waals surface area contributed by atoms with E-state index in [-0.39, 0.29) is 28.4 Å². The largest absolute Gasteiger partial charge is 0.466 e. The van der Waals surface area contributed by atoms with Crippen molar-refractivity contribution in [3.8, 4) is 17.6 Å². The van der Waals surface area contributed by atoms with Gasteiger partial charge in [0.2, 0.25) is 5.75 Å². The minimum absolute atomic E-state index is 0.00800. The monoisotopic (exact) mass is 534 g/mol. The number of nitrogens with zero attached hydrogens (tertiary/aromatic N) is 3. The molecule has 192 valence electrons. The summed E-state index contributed by atoms with van der Waals surface area (Å²) in [6.07, 6.45) is -1.74. The van der Waals surface area contributed by atoms with Crippen molar-refractivity contribution in [1.29, 1.82) is 5.26 Å². The maximum Gasteiger partial charge on any atom is 0.437 e. The third-order valence-electron chi connectivity index (χ3n) is 5.02. The normalized spacial score (nSPS) is 11.4. The first-order valence-corrected chi connectivity index (χ1v) is 10.9. The average Bonchev–Trinajstić information content (AvgIpc) is 2.84. The minimum atomic E-state index is -5.03. The second-order valence-corrected chi connectivity index (χ2v) is 7.95. The second-order valence-electron chi connectivity index (χ2n) is 7.51. The molecular formula is C24H18ClF3N4O5. The van der Waals surface area contributed by atoms with Crippen molar-refractivity contribution in [2.75, 3.05) is 7.11 Å². The first kappa shape index (κ1) is 27.2. The van der Waals surface area contributed by atoms with Crippen LogP contribution in [-0.4, -0.2) is 27.6 Å². The van der Waals surface area contributed by atoms with Crippen LogP contribution in [0.25, 0.3) is 6.08 Å². The number of aromatic nitrogens is 3. The lowest BCUT2D eigenvalue weighted by Crippen LogP contribution is -2.27. The topological polar surface area (TPSA) is 127 Å². The van der Waals surface area contributed by atoms with Crippen LogP contribution < -0.4 is 15.9 Å². The highest BCUT2D eigenvalue weighted by Crippen LogP contribution is 2.35. The Morgan fingerprint density at radius 3 is 2.62 bits per heavy atom. The Hall–Kier alpha value is -4.37. The third kappa shape index (κ3) is 6.45. The van der Waals surface area contributed by atoms with E-state index in [1.807, 2.05) is 0 Å². The Kier molecular flexibility index (Phi) is 8.19. The Morgan fingerprint density at radius 2 is 2.00 bits per heavy atom. The zero-order valence-corrected chi connectivity index (χ0v) is 20.1. The molecule has 0 saturated carbocycles. The lowest BCUT2D eigenvalue weighted by Gasteiger charge is -2.16. The SMILES string of the molecule is CCc1[nH]c(=O)c(C=CC(=O)OC)cc1Cn1cnc(C(F)(F)F)c(Oc2cc(Cl)cc(C#N)c2)c1=O. The van der Waals surface area contributed by atoms with Crippen molar-refractivity contribution in [3.63, 3.8) is 0 Å². The number of halogens is 4. The molecule has 0 spiro atoms. The maximum atomic E-state index is 13.7. The molecule has 0 radical (unpaired) electrons. The lowest BCUT2D eigenvalue weighted by atomic mass is 10.1. The van der Waals surface area contributed by atoms with Crippen molar-refractivity contribution in [1.82, 2.24) is 14.5 Å². The Labute approximate surface area is 212 Å². The van der Waals surface area contributed by atoms with E-state index < -0.39 is 34.7 Å². The number of hydrogen-bond donors (Lipinski definition) is 1. The van der Waals surface area contributed by atoms with Crippen LogP contribution >= 0.6 is 11.6 Å². The number of hydrogen-bond acceptors (Lipinski definition) is 7. The van der Waals surface area contributed by atoms with Crippen molar-refractivity contribution >= 4 is 23.6 Å². The number of pyridine rings is 1. The summed E-state index contributed by atoms with van der Waals surface area (Å²) in [5.74, 6) is -2.08. The zero-order chi connectivity index (χ0) is 27.3. The molecule has 0 aliphatic heterocycles. The van der Waals surface area contributed by atoms with E-state index in [2.05, 4.69) is 14.7 Å². The van der Waals surface area contributed by atoms with Crippen LogP contribution in [0.3, 0.4) is 0 Å². The van der Waals surface area contributed by atoms with E-state index in [1.165, 1.54) is 18.2 Å². The molecule has 0 bridgehead atoms. The fraction of sp³-hybridized carbons (Fsp3) is 0.208. The van der Waals surface area contributed by atoms with Crippen molar-refractivity contribution in [2.45, 2.75) is 26.1 Å². The Bertz CT molecular complexity index is 1540. The predicted molar refractivity (Wildman–Crippen MR) is 126 cm³/mol. The van der Waals surface area contributed by atoms with Crippen LogP contribution in [0, 0.1) is 11.3 Å². The lowest BCUT2D eigenvalue weighted by molar-refractivity contribution is -0.142. The fourth-order valence-corrected chi connectivity index (χ4v) is 3.53. The molecule has 0 saturated heterocycles. The number of alkyl halides is 3. The zero-order valence-electron chi connectivity index (χ0n) is 19.4. The number of nitrogens with one attached hydrogen (secondary N) is 1. The molecule has 0 atom stereocenters. The van der Waals surface area contributed by atoms with Crippen molar-refractivity contribution in [2.24, 2.45) is 0 Å². The van der Waals surface area contributed by atoms with Gasteiger partial charge >= 0.3 is 12.1 Å². The van der Waals surface area contributed by atoms with Gasteiger partial charge in [-0.3, -0.25) is 14.2 Å². The van der Waals surface area contributed by atoms with Crippen molar-refractivity contribution < 1.29 is 27.4 Å². The van der Waals surface area contributed by atoms with Crippen LogP contribution in [0.1, 0.15) is 35.0 Å². The molecule has 2 aromatic heterocycles. The van der Waals surface area contributed by atoms with Gasteiger partial charge in [0.1, 0.15) is 5.75 Å². The van der Waals surface area contributed by atoms with Gasteiger partial charge in [-0.25, -0.2) is 9.78 Å². The van der Waals surface area contributed by atoms with Crippen LogP contribution in [0.4, 0.5) is 13.2 Å². The van der Waals surface area contributed by atoms with E-state index in [0.29, 0.717) is 24.0 Å². The molecule has 3 aromatic rings. The number of aromatic amines is 1. The number of rotatable bonds is 7. The molecule has 0 aliphatic carbocycles. The molecule has 37 heavy (non-hydrogen) atoms. The molecule has 9 nitrogen and oxygen atoms in total. The highest BCUT2D eigenvalue weighted by Gasteiger charge is 2.38. The summed E-state index contributed by atoms with van der Waals surface area (Å²) < 4.78 is 51.6. The van der Waals surface area contributed by atoms with Gasteiger partial charge < -0.3 is 14.5 Å². The number of carbonyl (C=O) groups is 1. The summed E-state index contributed by atoms with van der Waals surface area (Å²) >= 11 is 5.90. The fourth-order valence-electron chi connectivity index (χ4n) is 3.30. The second kappa shape index (κ2) is 11.1. The van der Waals surface area contributed by atoms with Gasteiger partial charge in [0, 0.05) is 22.4 Å². The van der Waals surface area contributed by atoms with Crippen LogP contribution in [-0.2, 0) is 28.7 Å². The van der Waals surface area contributed by atoms with Gasteiger partial charge in [0.15, 0.2) is 5.69 Å². The summed E-state index contributed by atoms with van der Waals surface area (Å²) in [5, 5.41) is 9.11. The molecule has 0 unspecified atom stereocenters. The van der Waals surface area contributed by atoms with E-state index in [4.69, 9.17) is 21.6 Å². The van der Waals surface area contributed by atoms with E-state index in [0.717, 1.165) is 29.9 Å². The highest BCUT2D eigenvalue weighted by molar-refractivity contribution is 6.30. The molecule has 0 aliphatic rings. The summed E-state index contributed by atoms with van der Waals surface area (Å²) in [7, 11) is 1.16. The van der Waals surface area contributed by atoms with Crippen LogP contribution in [0.2, 0.25) is 5.02 Å². The van der Waals surface area contributed by atoms with Crippen LogP contribution in [0.5, 0.6) is 11.5 Å². The maximum absolute atomic E-state index is 13.7. The molecule has 0 amide bonds. The smallest absolute Gasteiger partial charge is 0.437 e. The van der Waals surface area contributed by atoms with Gasteiger partial charge in [0.25, 0.3) is 11.1 Å². The molecular weight excluding hydrogens is 517 g/mol. The molecule has 0 fully saturated rings. The summed E-state index contributed by atoms with van der Waals surface area (Å²) in [6.45, 7) is 1.45. The number of H-pyrrole nitrogens is 1.